The van der Waals surface area contributed by atoms with Crippen LogP contribution in [0.4, 0.5) is 10.1 Å². The number of rotatable bonds is 8. The third-order valence-corrected chi connectivity index (χ3v) is 6.48. The van der Waals surface area contributed by atoms with Gasteiger partial charge in [0.05, 0.1) is 26.9 Å². The van der Waals surface area contributed by atoms with Crippen LogP contribution in [0.5, 0.6) is 5.75 Å². The first-order valence-corrected chi connectivity index (χ1v) is 10.8. The molecule has 0 aromatic heterocycles. The minimum atomic E-state index is -3.79. The molecule has 30 heavy (non-hydrogen) atoms. The fraction of sp³-hybridized carbons (Fsp3) is 0.350. The van der Waals surface area contributed by atoms with E-state index in [-0.39, 0.29) is 42.0 Å². The van der Waals surface area contributed by atoms with E-state index < -0.39 is 10.0 Å². The number of anilines is 1. The van der Waals surface area contributed by atoms with Gasteiger partial charge in [0, 0.05) is 25.3 Å². The summed E-state index contributed by atoms with van der Waals surface area (Å²) in [5.74, 6) is -0.454. The molecule has 1 saturated heterocycles. The second kappa shape index (κ2) is 9.98. The lowest BCUT2D eigenvalue weighted by Gasteiger charge is -2.26. The first kappa shape index (κ1) is 22.2. The number of ether oxygens (including phenoxy) is 2. The molecule has 1 amide bonds. The smallest absolute Gasteiger partial charge is 0.246 e. The van der Waals surface area contributed by atoms with Gasteiger partial charge in [0.1, 0.15) is 16.5 Å². The lowest BCUT2D eigenvalue weighted by atomic mass is 10.2. The van der Waals surface area contributed by atoms with Gasteiger partial charge >= 0.3 is 0 Å². The summed E-state index contributed by atoms with van der Waals surface area (Å²) in [5, 5.41) is 5.64. The molecule has 0 aliphatic carbocycles. The standard InChI is InChI=1S/C20H24FN3O5S/c1-28-18-7-6-17(12-19(18)30(26,27)24-8-10-29-11-9-24)23-20(25)14-22-13-15-2-4-16(21)5-3-15/h2-7,12,22H,8-11,13-14H2,1H3,(H,23,25). The van der Waals surface area contributed by atoms with Crippen molar-refractivity contribution in [2.45, 2.75) is 11.4 Å². The highest BCUT2D eigenvalue weighted by molar-refractivity contribution is 7.89. The number of nitrogens with zero attached hydrogens (tertiary/aromatic N) is 1. The van der Waals surface area contributed by atoms with Gasteiger partial charge in [0.15, 0.2) is 0 Å². The third-order valence-electron chi connectivity index (χ3n) is 4.56. The van der Waals surface area contributed by atoms with Crippen LogP contribution in [0.2, 0.25) is 0 Å². The predicted molar refractivity (Wildman–Crippen MR) is 109 cm³/mol. The van der Waals surface area contributed by atoms with E-state index >= 15 is 0 Å². The molecule has 162 valence electrons. The average molecular weight is 437 g/mol. The van der Waals surface area contributed by atoms with Crippen LogP contribution in [0, 0.1) is 5.82 Å². The van der Waals surface area contributed by atoms with Crippen LogP contribution >= 0.6 is 0 Å². The van der Waals surface area contributed by atoms with Crippen molar-refractivity contribution in [3.63, 3.8) is 0 Å². The number of benzene rings is 2. The Morgan fingerprint density at radius 2 is 1.87 bits per heavy atom. The molecular formula is C20H24FN3O5S. The Kier molecular flexibility index (Phi) is 7.38. The Morgan fingerprint density at radius 1 is 1.17 bits per heavy atom. The highest BCUT2D eigenvalue weighted by atomic mass is 32.2. The molecule has 0 bridgehead atoms. The van der Waals surface area contributed by atoms with Gasteiger partial charge in [-0.1, -0.05) is 12.1 Å². The molecule has 2 aromatic carbocycles. The number of methoxy groups -OCH3 is 1. The number of halogens is 1. The van der Waals surface area contributed by atoms with Crippen molar-refractivity contribution in [3.05, 3.63) is 53.8 Å². The summed E-state index contributed by atoms with van der Waals surface area (Å²) in [6, 6.07) is 10.4. The van der Waals surface area contributed by atoms with E-state index in [1.165, 1.54) is 35.7 Å². The van der Waals surface area contributed by atoms with Crippen LogP contribution < -0.4 is 15.4 Å². The summed E-state index contributed by atoms with van der Waals surface area (Å²) in [6.45, 7) is 1.59. The van der Waals surface area contributed by atoms with Crippen LogP contribution in [0.3, 0.4) is 0 Å². The highest BCUT2D eigenvalue weighted by Crippen LogP contribution is 2.30. The Balaban J connectivity index is 1.65. The van der Waals surface area contributed by atoms with Crippen molar-refractivity contribution in [1.29, 1.82) is 0 Å². The number of hydrogen-bond acceptors (Lipinski definition) is 6. The summed E-state index contributed by atoms with van der Waals surface area (Å²) in [5.41, 5.74) is 1.18. The highest BCUT2D eigenvalue weighted by Gasteiger charge is 2.29. The van der Waals surface area contributed by atoms with Gasteiger partial charge in [-0.05, 0) is 35.9 Å². The molecule has 1 aliphatic heterocycles. The van der Waals surface area contributed by atoms with Gasteiger partial charge in [0.25, 0.3) is 0 Å². The SMILES string of the molecule is COc1ccc(NC(=O)CNCc2ccc(F)cc2)cc1S(=O)(=O)N1CCOCC1. The largest absolute Gasteiger partial charge is 0.495 e. The van der Waals surface area contributed by atoms with Gasteiger partial charge in [-0.25, -0.2) is 12.8 Å². The van der Waals surface area contributed by atoms with Gasteiger partial charge in [-0.15, -0.1) is 0 Å². The monoisotopic (exact) mass is 437 g/mol. The molecule has 0 radical (unpaired) electrons. The summed E-state index contributed by atoms with van der Waals surface area (Å²) in [6.07, 6.45) is 0. The zero-order chi connectivity index (χ0) is 21.6. The lowest BCUT2D eigenvalue weighted by molar-refractivity contribution is -0.115. The maximum absolute atomic E-state index is 13.0. The van der Waals surface area contributed by atoms with Gasteiger partial charge < -0.3 is 20.1 Å². The molecule has 2 N–H and O–H groups in total. The van der Waals surface area contributed by atoms with E-state index in [4.69, 9.17) is 9.47 Å². The van der Waals surface area contributed by atoms with Crippen molar-refractivity contribution in [2.75, 3.05) is 45.3 Å². The molecule has 0 unspecified atom stereocenters. The molecule has 3 rings (SSSR count). The Hall–Kier alpha value is -2.53. The fourth-order valence-corrected chi connectivity index (χ4v) is 4.60. The zero-order valence-electron chi connectivity index (χ0n) is 16.6. The molecule has 1 heterocycles. The number of amides is 1. The number of nitrogens with one attached hydrogen (secondary N) is 2. The number of hydrogen-bond donors (Lipinski definition) is 2. The maximum atomic E-state index is 13.0. The Bertz CT molecular complexity index is 976. The van der Waals surface area contributed by atoms with E-state index in [9.17, 15) is 17.6 Å². The summed E-state index contributed by atoms with van der Waals surface area (Å²) in [7, 11) is -2.39. The third kappa shape index (κ3) is 5.54. The second-order valence-corrected chi connectivity index (χ2v) is 8.57. The number of morpholine rings is 1. The van der Waals surface area contributed by atoms with Gasteiger partial charge in [-0.2, -0.15) is 4.31 Å². The Labute approximate surface area is 175 Å². The minimum absolute atomic E-state index is 0.00888. The van der Waals surface area contributed by atoms with E-state index in [2.05, 4.69) is 10.6 Å². The quantitative estimate of drug-likeness (QED) is 0.651. The number of carbonyl (C=O) groups excluding carboxylic acids is 1. The molecule has 10 heteroatoms. The summed E-state index contributed by atoms with van der Waals surface area (Å²) < 4.78 is 50.7. The van der Waals surface area contributed by atoms with Crippen LogP contribution in [-0.2, 0) is 26.1 Å². The molecule has 0 spiro atoms. The van der Waals surface area contributed by atoms with E-state index in [0.717, 1.165) is 5.56 Å². The van der Waals surface area contributed by atoms with Crippen LogP contribution in [-0.4, -0.2) is 58.6 Å². The van der Waals surface area contributed by atoms with Crippen molar-refractivity contribution >= 4 is 21.6 Å². The van der Waals surface area contributed by atoms with Crippen molar-refractivity contribution in [2.24, 2.45) is 0 Å². The normalized spacial score (nSPS) is 15.0. The number of carbonyl (C=O) groups is 1. The minimum Gasteiger partial charge on any atom is -0.495 e. The number of sulfonamides is 1. The molecular weight excluding hydrogens is 413 g/mol. The van der Waals surface area contributed by atoms with Crippen molar-refractivity contribution < 1.29 is 27.1 Å². The fourth-order valence-electron chi connectivity index (χ4n) is 3.01. The summed E-state index contributed by atoms with van der Waals surface area (Å²) in [4.78, 5) is 12.2. The summed E-state index contributed by atoms with van der Waals surface area (Å²) >= 11 is 0. The Morgan fingerprint density at radius 3 is 2.53 bits per heavy atom. The molecule has 0 atom stereocenters. The first-order chi connectivity index (χ1) is 14.4. The lowest BCUT2D eigenvalue weighted by Crippen LogP contribution is -2.40. The van der Waals surface area contributed by atoms with Crippen LogP contribution in [0.15, 0.2) is 47.4 Å². The first-order valence-electron chi connectivity index (χ1n) is 9.41. The van der Waals surface area contributed by atoms with Crippen LogP contribution in [0.25, 0.3) is 0 Å². The second-order valence-electron chi connectivity index (χ2n) is 6.66. The van der Waals surface area contributed by atoms with Crippen molar-refractivity contribution in [3.8, 4) is 5.75 Å². The molecule has 0 saturated carbocycles. The van der Waals surface area contributed by atoms with E-state index in [0.29, 0.717) is 25.4 Å². The van der Waals surface area contributed by atoms with Crippen LogP contribution in [0.1, 0.15) is 5.56 Å². The topological polar surface area (TPSA) is 97.0 Å². The molecule has 2 aromatic rings. The maximum Gasteiger partial charge on any atom is 0.246 e. The zero-order valence-corrected chi connectivity index (χ0v) is 17.4. The van der Waals surface area contributed by atoms with Gasteiger partial charge in [0.2, 0.25) is 15.9 Å². The average Bonchev–Trinajstić information content (AvgIpc) is 2.75. The van der Waals surface area contributed by atoms with Gasteiger partial charge in [-0.3, -0.25) is 4.79 Å². The van der Waals surface area contributed by atoms with E-state index in [1.807, 2.05) is 0 Å². The molecule has 8 nitrogen and oxygen atoms in total. The molecule has 1 aliphatic rings. The van der Waals surface area contributed by atoms with Crippen molar-refractivity contribution in [1.82, 2.24) is 9.62 Å². The predicted octanol–water partition coefficient (Wildman–Crippen LogP) is 1.58. The van der Waals surface area contributed by atoms with E-state index in [1.54, 1.807) is 18.2 Å². The molecule has 1 fully saturated rings.